The summed E-state index contributed by atoms with van der Waals surface area (Å²) < 4.78 is 37.4. The average Bonchev–Trinajstić information content (AvgIpc) is 2.98. The van der Waals surface area contributed by atoms with Crippen LogP contribution in [0, 0.1) is 0 Å². The Labute approximate surface area is 139 Å². The molecular formula is C17H11F3N2OS. The topological polar surface area (TPSA) is 42.0 Å². The minimum atomic E-state index is -4.36. The van der Waals surface area contributed by atoms with Crippen molar-refractivity contribution in [2.24, 2.45) is 0 Å². The van der Waals surface area contributed by atoms with Crippen LogP contribution in [0.1, 0.15) is 20.8 Å². The maximum atomic E-state index is 12.5. The van der Waals surface area contributed by atoms with Crippen LogP contribution in [0.4, 0.5) is 13.2 Å². The van der Waals surface area contributed by atoms with Gasteiger partial charge in [0.25, 0.3) is 5.91 Å². The minimum absolute atomic E-state index is 0.291. The van der Waals surface area contributed by atoms with Crippen LogP contribution >= 0.6 is 11.3 Å². The molecule has 1 aromatic carbocycles. The molecule has 0 bridgehead atoms. The summed E-state index contributed by atoms with van der Waals surface area (Å²) in [6.45, 7) is 0. The molecule has 0 spiro atoms. The number of alkyl halides is 3. The summed E-state index contributed by atoms with van der Waals surface area (Å²) in [5.74, 6) is -0.291. The van der Waals surface area contributed by atoms with E-state index in [-0.39, 0.29) is 5.91 Å². The molecular weight excluding hydrogens is 337 g/mol. The summed E-state index contributed by atoms with van der Waals surface area (Å²) in [6.07, 6.45) is 0.239. The van der Waals surface area contributed by atoms with Gasteiger partial charge >= 0.3 is 6.18 Å². The number of halogens is 3. The SMILES string of the molecule is O=C(NC=Cc1ccc(C(F)(F)F)cc1)c1cc2cccnc2s1. The number of hydrogen-bond donors (Lipinski definition) is 1. The Kier molecular flexibility index (Phi) is 4.35. The van der Waals surface area contributed by atoms with Crippen molar-refractivity contribution in [3.8, 4) is 0 Å². The maximum Gasteiger partial charge on any atom is 0.416 e. The van der Waals surface area contributed by atoms with E-state index in [4.69, 9.17) is 0 Å². The van der Waals surface area contributed by atoms with Gasteiger partial charge in [-0.25, -0.2) is 4.98 Å². The van der Waals surface area contributed by atoms with E-state index in [9.17, 15) is 18.0 Å². The van der Waals surface area contributed by atoms with Crippen molar-refractivity contribution in [3.63, 3.8) is 0 Å². The van der Waals surface area contributed by atoms with Gasteiger partial charge in [-0.15, -0.1) is 11.3 Å². The lowest BCUT2D eigenvalue weighted by Gasteiger charge is -2.05. The summed E-state index contributed by atoms with van der Waals surface area (Å²) in [6, 6.07) is 10.1. The molecule has 1 N–H and O–H groups in total. The number of hydrogen-bond acceptors (Lipinski definition) is 3. The first-order valence-corrected chi connectivity index (χ1v) is 7.74. The molecule has 3 rings (SSSR count). The first-order chi connectivity index (χ1) is 11.4. The van der Waals surface area contributed by atoms with E-state index < -0.39 is 11.7 Å². The molecule has 122 valence electrons. The standard InChI is InChI=1S/C17H11F3N2OS/c18-17(19,20)13-5-3-11(4-6-13)7-9-21-15(23)14-10-12-2-1-8-22-16(12)24-14/h1-10H,(H,21,23). The number of benzene rings is 1. The number of nitrogens with zero attached hydrogens (tertiary/aromatic N) is 1. The zero-order chi connectivity index (χ0) is 17.2. The lowest BCUT2D eigenvalue weighted by atomic mass is 10.1. The Morgan fingerprint density at radius 1 is 1.17 bits per heavy atom. The van der Waals surface area contributed by atoms with Gasteiger partial charge in [0.1, 0.15) is 4.83 Å². The van der Waals surface area contributed by atoms with Gasteiger partial charge in [-0.05, 0) is 35.9 Å². The van der Waals surface area contributed by atoms with Crippen molar-refractivity contribution in [2.75, 3.05) is 0 Å². The predicted molar refractivity (Wildman–Crippen MR) is 87.6 cm³/mol. The van der Waals surface area contributed by atoms with Crippen LogP contribution in [0.5, 0.6) is 0 Å². The molecule has 0 radical (unpaired) electrons. The molecule has 0 saturated carbocycles. The molecule has 3 nitrogen and oxygen atoms in total. The molecule has 0 aliphatic rings. The fourth-order valence-electron chi connectivity index (χ4n) is 2.05. The highest BCUT2D eigenvalue weighted by molar-refractivity contribution is 7.20. The van der Waals surface area contributed by atoms with E-state index in [0.717, 1.165) is 22.3 Å². The summed E-state index contributed by atoms with van der Waals surface area (Å²) in [5, 5.41) is 3.48. The first kappa shape index (κ1) is 16.2. The highest BCUT2D eigenvalue weighted by Crippen LogP contribution is 2.29. The molecule has 0 unspecified atom stereocenters. The van der Waals surface area contributed by atoms with Gasteiger partial charge in [-0.3, -0.25) is 4.79 Å². The third-order valence-corrected chi connectivity index (χ3v) is 4.30. The summed E-state index contributed by atoms with van der Waals surface area (Å²) in [5.41, 5.74) is -0.150. The number of pyridine rings is 1. The van der Waals surface area contributed by atoms with Crippen LogP contribution in [-0.4, -0.2) is 10.9 Å². The number of carbonyl (C=O) groups is 1. The van der Waals surface area contributed by atoms with Crippen molar-refractivity contribution >= 4 is 33.5 Å². The predicted octanol–water partition coefficient (Wildman–Crippen LogP) is 4.72. The number of amides is 1. The molecule has 0 fully saturated rings. The highest BCUT2D eigenvalue weighted by atomic mass is 32.1. The van der Waals surface area contributed by atoms with Crippen molar-refractivity contribution in [1.82, 2.24) is 10.3 Å². The summed E-state index contributed by atoms with van der Waals surface area (Å²) in [4.78, 5) is 17.5. The van der Waals surface area contributed by atoms with Crippen LogP contribution in [0.2, 0.25) is 0 Å². The molecule has 24 heavy (non-hydrogen) atoms. The van der Waals surface area contributed by atoms with E-state index in [1.54, 1.807) is 18.3 Å². The van der Waals surface area contributed by atoms with Gasteiger partial charge in [0.2, 0.25) is 0 Å². The molecule has 0 saturated heterocycles. The Balaban J connectivity index is 1.66. The largest absolute Gasteiger partial charge is 0.416 e. The molecule has 7 heteroatoms. The smallest absolute Gasteiger partial charge is 0.328 e. The minimum Gasteiger partial charge on any atom is -0.328 e. The van der Waals surface area contributed by atoms with Crippen molar-refractivity contribution in [1.29, 1.82) is 0 Å². The molecule has 3 aromatic rings. The van der Waals surface area contributed by atoms with Crippen molar-refractivity contribution in [3.05, 3.63) is 70.9 Å². The van der Waals surface area contributed by atoms with Crippen LogP contribution in [0.25, 0.3) is 16.3 Å². The van der Waals surface area contributed by atoms with Gasteiger partial charge in [0.15, 0.2) is 0 Å². The Hall–Kier alpha value is -2.67. The fraction of sp³-hybridized carbons (Fsp3) is 0.0588. The van der Waals surface area contributed by atoms with Crippen LogP contribution in [0.3, 0.4) is 0 Å². The zero-order valence-corrected chi connectivity index (χ0v) is 13.0. The molecule has 0 atom stereocenters. The number of carbonyl (C=O) groups excluding carboxylic acids is 1. The van der Waals surface area contributed by atoms with Gasteiger partial charge in [0.05, 0.1) is 10.4 Å². The van der Waals surface area contributed by atoms with E-state index in [2.05, 4.69) is 10.3 Å². The van der Waals surface area contributed by atoms with Crippen LogP contribution in [0.15, 0.2) is 54.9 Å². The third-order valence-electron chi connectivity index (χ3n) is 3.25. The fourth-order valence-corrected chi connectivity index (χ4v) is 2.96. The monoisotopic (exact) mass is 348 g/mol. The van der Waals surface area contributed by atoms with Crippen molar-refractivity contribution in [2.45, 2.75) is 6.18 Å². The van der Waals surface area contributed by atoms with Crippen LogP contribution < -0.4 is 5.32 Å². The lowest BCUT2D eigenvalue weighted by Crippen LogP contribution is -2.15. The third kappa shape index (κ3) is 3.62. The van der Waals surface area contributed by atoms with E-state index in [0.29, 0.717) is 10.4 Å². The summed E-state index contributed by atoms with van der Waals surface area (Å²) >= 11 is 1.27. The van der Waals surface area contributed by atoms with E-state index in [1.165, 1.54) is 35.7 Å². The van der Waals surface area contributed by atoms with Gasteiger partial charge in [-0.2, -0.15) is 13.2 Å². The molecule has 0 aliphatic heterocycles. The second-order valence-electron chi connectivity index (χ2n) is 4.93. The normalized spacial score (nSPS) is 12.0. The summed E-state index contributed by atoms with van der Waals surface area (Å²) in [7, 11) is 0. The van der Waals surface area contributed by atoms with Gasteiger partial charge in [-0.1, -0.05) is 18.2 Å². The number of rotatable bonds is 3. The molecule has 0 aliphatic carbocycles. The lowest BCUT2D eigenvalue weighted by molar-refractivity contribution is -0.137. The van der Waals surface area contributed by atoms with Gasteiger partial charge < -0.3 is 5.32 Å². The number of nitrogens with one attached hydrogen (secondary N) is 1. The molecule has 2 heterocycles. The van der Waals surface area contributed by atoms with E-state index >= 15 is 0 Å². The average molecular weight is 348 g/mol. The maximum absolute atomic E-state index is 12.5. The first-order valence-electron chi connectivity index (χ1n) is 6.93. The zero-order valence-electron chi connectivity index (χ0n) is 12.2. The Morgan fingerprint density at radius 3 is 2.58 bits per heavy atom. The number of thiophene rings is 1. The number of aromatic nitrogens is 1. The quantitative estimate of drug-likeness (QED) is 0.744. The van der Waals surface area contributed by atoms with Crippen molar-refractivity contribution < 1.29 is 18.0 Å². The van der Waals surface area contributed by atoms with Gasteiger partial charge in [0, 0.05) is 17.8 Å². The van der Waals surface area contributed by atoms with E-state index in [1.807, 2.05) is 6.07 Å². The Bertz CT molecular complexity index is 865. The Morgan fingerprint density at radius 2 is 1.92 bits per heavy atom. The highest BCUT2D eigenvalue weighted by Gasteiger charge is 2.29. The molecule has 2 aromatic heterocycles. The second-order valence-corrected chi connectivity index (χ2v) is 5.97. The second kappa shape index (κ2) is 6.45. The van der Waals surface area contributed by atoms with Crippen LogP contribution in [-0.2, 0) is 6.18 Å². The number of fused-ring (bicyclic) bond motifs is 1. The molecule has 1 amide bonds.